The summed E-state index contributed by atoms with van der Waals surface area (Å²) in [5.74, 6) is 0.392. The van der Waals surface area contributed by atoms with E-state index in [1.165, 1.54) is 0 Å². The molecule has 2 nitrogen and oxygen atoms in total. The molecule has 1 saturated carbocycles. The van der Waals surface area contributed by atoms with Crippen LogP contribution in [0, 0.1) is 5.41 Å². The van der Waals surface area contributed by atoms with Crippen LogP contribution >= 0.6 is 0 Å². The average molecular weight is 268 g/mol. The molecule has 1 atom stereocenters. The van der Waals surface area contributed by atoms with Crippen LogP contribution in [0.3, 0.4) is 0 Å². The number of rotatable bonds is 6. The maximum Gasteiger partial charge on any atom is 0.192 e. The van der Waals surface area contributed by atoms with E-state index in [9.17, 15) is 4.79 Å². The maximum atomic E-state index is 11.9. The number of allylic oxidation sites excluding steroid dienone is 1. The first-order valence-electron chi connectivity index (χ1n) is 6.93. The zero-order valence-corrected chi connectivity index (χ0v) is 13.6. The smallest absolute Gasteiger partial charge is 0.192 e. The highest BCUT2D eigenvalue weighted by Crippen LogP contribution is 2.44. The molecular formula is C15H28O2Si. The molecule has 1 aliphatic carbocycles. The van der Waals surface area contributed by atoms with Crippen LogP contribution in [0.1, 0.15) is 46.5 Å². The first-order chi connectivity index (χ1) is 8.15. The van der Waals surface area contributed by atoms with Gasteiger partial charge < -0.3 is 4.43 Å². The van der Waals surface area contributed by atoms with Gasteiger partial charge in [0.2, 0.25) is 0 Å². The summed E-state index contributed by atoms with van der Waals surface area (Å²) in [4.78, 5) is 11.9. The van der Waals surface area contributed by atoms with Crippen molar-refractivity contribution in [3.63, 3.8) is 0 Å². The molecule has 0 aromatic heterocycles. The molecule has 0 bridgehead atoms. The van der Waals surface area contributed by atoms with Crippen LogP contribution in [0.2, 0.25) is 18.1 Å². The van der Waals surface area contributed by atoms with Crippen LogP contribution in [0.15, 0.2) is 12.7 Å². The minimum atomic E-state index is -1.74. The fourth-order valence-corrected chi connectivity index (χ4v) is 3.05. The van der Waals surface area contributed by atoms with E-state index in [4.69, 9.17) is 4.43 Å². The van der Waals surface area contributed by atoms with Crippen molar-refractivity contribution < 1.29 is 9.22 Å². The zero-order chi connectivity index (χ0) is 14.0. The summed E-state index contributed by atoms with van der Waals surface area (Å²) in [5, 5.41) is 0.208. The molecule has 0 saturated heterocycles. The molecule has 1 rings (SSSR count). The second-order valence-electron chi connectivity index (χ2n) is 7.08. The fourth-order valence-electron chi connectivity index (χ4n) is 1.98. The van der Waals surface area contributed by atoms with Gasteiger partial charge in [0, 0.05) is 13.0 Å². The maximum absolute atomic E-state index is 11.9. The van der Waals surface area contributed by atoms with Crippen LogP contribution < -0.4 is 0 Å². The summed E-state index contributed by atoms with van der Waals surface area (Å²) in [5.41, 5.74) is -0.191. The average Bonchev–Trinajstić information content (AvgIpc) is 2.25. The molecular weight excluding hydrogens is 240 g/mol. The summed E-state index contributed by atoms with van der Waals surface area (Å²) in [6, 6.07) is 0. The van der Waals surface area contributed by atoms with Crippen LogP contribution in [-0.2, 0) is 9.22 Å². The highest BCUT2D eigenvalue weighted by atomic mass is 28.4. The molecule has 3 heteroatoms. The summed E-state index contributed by atoms with van der Waals surface area (Å²) in [6.07, 6.45) is 5.45. The molecule has 0 radical (unpaired) electrons. The summed E-state index contributed by atoms with van der Waals surface area (Å²) < 4.78 is 6.25. The van der Waals surface area contributed by atoms with Gasteiger partial charge in [0.1, 0.15) is 5.78 Å². The lowest BCUT2D eigenvalue weighted by Gasteiger charge is -2.44. The van der Waals surface area contributed by atoms with Crippen LogP contribution in [0.4, 0.5) is 0 Å². The van der Waals surface area contributed by atoms with Crippen LogP contribution in [0.25, 0.3) is 0 Å². The minimum absolute atomic E-state index is 0.191. The molecule has 1 fully saturated rings. The van der Waals surface area contributed by atoms with Crippen LogP contribution in [0.5, 0.6) is 0 Å². The fraction of sp³-hybridized carbons (Fsp3) is 0.800. The molecule has 18 heavy (non-hydrogen) atoms. The number of ketones is 1. The van der Waals surface area contributed by atoms with Crippen molar-refractivity contribution in [2.24, 2.45) is 5.41 Å². The quantitative estimate of drug-likeness (QED) is 0.529. The zero-order valence-electron chi connectivity index (χ0n) is 12.6. The second kappa shape index (κ2) is 5.30. The van der Waals surface area contributed by atoms with Crippen molar-refractivity contribution in [2.45, 2.75) is 64.6 Å². The van der Waals surface area contributed by atoms with Gasteiger partial charge in [-0.05, 0) is 37.4 Å². The predicted molar refractivity (Wildman–Crippen MR) is 79.3 cm³/mol. The SMILES string of the molecule is C=CCCC1(CO[Si](C)(C)C(C)(C)C)CCC1=O. The van der Waals surface area contributed by atoms with Gasteiger partial charge in [-0.3, -0.25) is 4.79 Å². The summed E-state index contributed by atoms with van der Waals surface area (Å²) >= 11 is 0. The topological polar surface area (TPSA) is 26.3 Å². The Morgan fingerprint density at radius 3 is 2.39 bits per heavy atom. The number of hydrogen-bond acceptors (Lipinski definition) is 2. The van der Waals surface area contributed by atoms with E-state index in [0.717, 1.165) is 25.7 Å². The summed E-state index contributed by atoms with van der Waals surface area (Å²) in [6.45, 7) is 15.6. The van der Waals surface area contributed by atoms with Crippen molar-refractivity contribution in [3.8, 4) is 0 Å². The Kier molecular flexibility index (Phi) is 4.60. The predicted octanol–water partition coefficient (Wildman–Crippen LogP) is 4.32. The lowest BCUT2D eigenvalue weighted by atomic mass is 9.65. The second-order valence-corrected chi connectivity index (χ2v) is 11.9. The highest BCUT2D eigenvalue weighted by molar-refractivity contribution is 6.74. The first-order valence-corrected chi connectivity index (χ1v) is 9.84. The molecule has 0 aromatic rings. The molecule has 0 aliphatic heterocycles. The highest BCUT2D eigenvalue weighted by Gasteiger charge is 2.47. The number of carbonyl (C=O) groups excluding carboxylic acids is 1. The Hall–Kier alpha value is -0.413. The van der Waals surface area contributed by atoms with E-state index in [-0.39, 0.29) is 10.5 Å². The first kappa shape index (κ1) is 15.6. The Bertz CT molecular complexity index is 328. The number of hydrogen-bond donors (Lipinski definition) is 0. The number of Topliss-reactive ketones (excluding diaryl/α,β-unsaturated/α-hetero) is 1. The third-order valence-corrected chi connectivity index (χ3v) is 9.24. The van der Waals surface area contributed by atoms with E-state index in [1.807, 2.05) is 6.08 Å². The standard InChI is InChI=1S/C15H28O2Si/c1-7-8-10-15(11-9-13(15)16)12-17-18(5,6)14(2,3)4/h7H,1,8-12H2,2-6H3. The number of carbonyl (C=O) groups is 1. The van der Waals surface area contributed by atoms with Gasteiger partial charge in [-0.1, -0.05) is 26.8 Å². The molecule has 0 amide bonds. The van der Waals surface area contributed by atoms with Crippen molar-refractivity contribution in [3.05, 3.63) is 12.7 Å². The van der Waals surface area contributed by atoms with Crippen LogP contribution in [-0.4, -0.2) is 20.7 Å². The Balaban J connectivity index is 2.64. The van der Waals surface area contributed by atoms with Gasteiger partial charge in [-0.2, -0.15) is 0 Å². The monoisotopic (exact) mass is 268 g/mol. The molecule has 104 valence electrons. The van der Waals surface area contributed by atoms with E-state index in [0.29, 0.717) is 12.4 Å². The normalized spacial score (nSPS) is 24.8. The van der Waals surface area contributed by atoms with Gasteiger partial charge >= 0.3 is 0 Å². The Morgan fingerprint density at radius 1 is 1.44 bits per heavy atom. The lowest BCUT2D eigenvalue weighted by Crippen LogP contribution is -2.50. The van der Waals surface area contributed by atoms with Crippen molar-refractivity contribution in [1.82, 2.24) is 0 Å². The van der Waals surface area contributed by atoms with E-state index >= 15 is 0 Å². The summed E-state index contributed by atoms with van der Waals surface area (Å²) in [7, 11) is -1.74. The third kappa shape index (κ3) is 3.12. The molecule has 1 unspecified atom stereocenters. The van der Waals surface area contributed by atoms with Gasteiger partial charge in [-0.25, -0.2) is 0 Å². The van der Waals surface area contributed by atoms with E-state index < -0.39 is 8.32 Å². The molecule has 1 aliphatic rings. The molecule has 0 N–H and O–H groups in total. The van der Waals surface area contributed by atoms with E-state index in [1.54, 1.807) is 0 Å². The Morgan fingerprint density at radius 2 is 2.06 bits per heavy atom. The van der Waals surface area contributed by atoms with Gasteiger partial charge in [-0.15, -0.1) is 6.58 Å². The van der Waals surface area contributed by atoms with Gasteiger partial charge in [0.05, 0.1) is 5.41 Å². The van der Waals surface area contributed by atoms with Crippen molar-refractivity contribution in [1.29, 1.82) is 0 Å². The van der Waals surface area contributed by atoms with Crippen molar-refractivity contribution >= 4 is 14.1 Å². The molecule has 0 spiro atoms. The minimum Gasteiger partial charge on any atom is -0.416 e. The largest absolute Gasteiger partial charge is 0.416 e. The molecule has 0 heterocycles. The third-order valence-electron chi connectivity index (χ3n) is 4.76. The van der Waals surface area contributed by atoms with Gasteiger partial charge in [0.15, 0.2) is 8.32 Å². The van der Waals surface area contributed by atoms with Crippen molar-refractivity contribution in [2.75, 3.05) is 6.61 Å². The van der Waals surface area contributed by atoms with E-state index in [2.05, 4.69) is 40.4 Å². The Labute approximate surface area is 113 Å². The molecule has 0 aromatic carbocycles. The van der Waals surface area contributed by atoms with Gasteiger partial charge in [0.25, 0.3) is 0 Å². The lowest BCUT2D eigenvalue weighted by molar-refractivity contribution is -0.141.